The summed E-state index contributed by atoms with van der Waals surface area (Å²) in [6.45, 7) is 4.35. The second-order valence-corrected chi connectivity index (χ2v) is 8.49. The molecule has 2 nitrogen and oxygen atoms in total. The van der Waals surface area contributed by atoms with E-state index in [-0.39, 0.29) is 5.25 Å². The minimum absolute atomic E-state index is 0.0190. The molecule has 0 spiro atoms. The normalized spacial score (nSPS) is 24.5. The summed E-state index contributed by atoms with van der Waals surface area (Å²) in [6, 6.07) is 0. The lowest BCUT2D eigenvalue weighted by atomic mass is 9.85. The van der Waals surface area contributed by atoms with Crippen molar-refractivity contribution < 1.29 is 8.42 Å². The number of rotatable bonds is 9. The van der Waals surface area contributed by atoms with E-state index in [9.17, 15) is 8.42 Å². The van der Waals surface area contributed by atoms with Crippen LogP contribution in [0.25, 0.3) is 0 Å². The average Bonchev–Trinajstić information content (AvgIpc) is 2.41. The molecule has 1 saturated carbocycles. The standard InChI is InChI=1S/C16H32O2S/c1-3-5-7-10-14-19(17,18)16-13-9-8-12-15(16)11-6-4-2/h15-16H,3-14H2,1-2H3. The van der Waals surface area contributed by atoms with Crippen LogP contribution in [-0.2, 0) is 9.84 Å². The smallest absolute Gasteiger partial charge is 0.153 e. The molecule has 114 valence electrons. The Labute approximate surface area is 120 Å². The van der Waals surface area contributed by atoms with Crippen LogP contribution in [0.5, 0.6) is 0 Å². The minimum Gasteiger partial charge on any atom is -0.229 e. The lowest BCUT2D eigenvalue weighted by Gasteiger charge is -2.31. The van der Waals surface area contributed by atoms with Gasteiger partial charge < -0.3 is 0 Å². The summed E-state index contributed by atoms with van der Waals surface area (Å²) in [6.07, 6.45) is 12.2. The topological polar surface area (TPSA) is 34.1 Å². The maximum atomic E-state index is 12.5. The van der Waals surface area contributed by atoms with E-state index in [0.717, 1.165) is 38.5 Å². The largest absolute Gasteiger partial charge is 0.229 e. The molecule has 1 rings (SSSR count). The van der Waals surface area contributed by atoms with Gasteiger partial charge in [0.15, 0.2) is 9.84 Å². The fourth-order valence-corrected chi connectivity index (χ4v) is 5.62. The summed E-state index contributed by atoms with van der Waals surface area (Å²) in [4.78, 5) is 0. The van der Waals surface area contributed by atoms with Crippen molar-refractivity contribution in [2.75, 3.05) is 5.75 Å². The number of unbranched alkanes of at least 4 members (excludes halogenated alkanes) is 4. The highest BCUT2D eigenvalue weighted by Gasteiger charge is 2.34. The van der Waals surface area contributed by atoms with Gasteiger partial charge in [-0.25, -0.2) is 8.42 Å². The van der Waals surface area contributed by atoms with Crippen molar-refractivity contribution >= 4 is 9.84 Å². The van der Waals surface area contributed by atoms with E-state index in [2.05, 4.69) is 13.8 Å². The third kappa shape index (κ3) is 5.85. The summed E-state index contributed by atoms with van der Waals surface area (Å²) in [7, 11) is -2.84. The second kappa shape index (κ2) is 8.99. The van der Waals surface area contributed by atoms with Gasteiger partial charge in [-0.3, -0.25) is 0 Å². The van der Waals surface area contributed by atoms with E-state index in [1.807, 2.05) is 0 Å². The van der Waals surface area contributed by atoms with Crippen LogP contribution < -0.4 is 0 Å². The molecule has 0 saturated heterocycles. The van der Waals surface area contributed by atoms with Gasteiger partial charge >= 0.3 is 0 Å². The summed E-state index contributed by atoms with van der Waals surface area (Å²) >= 11 is 0. The fraction of sp³-hybridized carbons (Fsp3) is 1.00. The van der Waals surface area contributed by atoms with Crippen LogP contribution in [-0.4, -0.2) is 19.4 Å². The maximum Gasteiger partial charge on any atom is 0.153 e. The molecule has 0 aromatic carbocycles. The molecule has 0 aliphatic heterocycles. The van der Waals surface area contributed by atoms with Gasteiger partial charge in [-0.2, -0.15) is 0 Å². The van der Waals surface area contributed by atoms with Crippen molar-refractivity contribution in [3.63, 3.8) is 0 Å². The van der Waals surface area contributed by atoms with Crippen LogP contribution in [0.15, 0.2) is 0 Å². The predicted octanol–water partition coefficient (Wildman–Crippen LogP) is 4.73. The average molecular weight is 288 g/mol. The van der Waals surface area contributed by atoms with Gasteiger partial charge in [0, 0.05) is 0 Å². The van der Waals surface area contributed by atoms with E-state index in [4.69, 9.17) is 0 Å². The van der Waals surface area contributed by atoms with Gasteiger partial charge in [0.25, 0.3) is 0 Å². The van der Waals surface area contributed by atoms with Crippen LogP contribution in [0.3, 0.4) is 0 Å². The Morgan fingerprint density at radius 2 is 1.58 bits per heavy atom. The molecule has 1 fully saturated rings. The molecule has 0 radical (unpaired) electrons. The molecule has 0 aromatic heterocycles. The van der Waals surface area contributed by atoms with Crippen LogP contribution >= 0.6 is 0 Å². The Morgan fingerprint density at radius 3 is 2.26 bits per heavy atom. The molecule has 3 heteroatoms. The van der Waals surface area contributed by atoms with Gasteiger partial charge in [0.2, 0.25) is 0 Å². The molecule has 0 N–H and O–H groups in total. The first kappa shape index (κ1) is 17.0. The summed E-state index contributed by atoms with van der Waals surface area (Å²) in [5.41, 5.74) is 0. The van der Waals surface area contributed by atoms with E-state index < -0.39 is 9.84 Å². The summed E-state index contributed by atoms with van der Waals surface area (Å²) < 4.78 is 25.0. The molecule has 0 aromatic rings. The quantitative estimate of drug-likeness (QED) is 0.575. The Hall–Kier alpha value is -0.0500. The minimum atomic E-state index is -2.84. The zero-order chi connectivity index (χ0) is 14.1. The molecule has 1 aliphatic carbocycles. The monoisotopic (exact) mass is 288 g/mol. The SMILES string of the molecule is CCCCCCS(=O)(=O)C1CCCCC1CCCC. The summed E-state index contributed by atoms with van der Waals surface area (Å²) in [5.74, 6) is 0.880. The van der Waals surface area contributed by atoms with Crippen molar-refractivity contribution in [3.05, 3.63) is 0 Å². The van der Waals surface area contributed by atoms with Crippen molar-refractivity contribution in [1.29, 1.82) is 0 Å². The van der Waals surface area contributed by atoms with Gasteiger partial charge in [0.1, 0.15) is 0 Å². The van der Waals surface area contributed by atoms with Gasteiger partial charge in [0.05, 0.1) is 11.0 Å². The van der Waals surface area contributed by atoms with Crippen molar-refractivity contribution in [2.24, 2.45) is 5.92 Å². The lowest BCUT2D eigenvalue weighted by Crippen LogP contribution is -2.34. The molecule has 0 bridgehead atoms. The molecular weight excluding hydrogens is 256 g/mol. The number of sulfone groups is 1. The Kier molecular flexibility index (Phi) is 8.05. The highest BCUT2D eigenvalue weighted by atomic mass is 32.2. The van der Waals surface area contributed by atoms with E-state index in [1.54, 1.807) is 0 Å². The molecule has 19 heavy (non-hydrogen) atoms. The highest BCUT2D eigenvalue weighted by molar-refractivity contribution is 7.92. The van der Waals surface area contributed by atoms with Crippen molar-refractivity contribution in [3.8, 4) is 0 Å². The van der Waals surface area contributed by atoms with Gasteiger partial charge in [-0.15, -0.1) is 0 Å². The van der Waals surface area contributed by atoms with E-state index >= 15 is 0 Å². The number of hydrogen-bond donors (Lipinski definition) is 0. The van der Waals surface area contributed by atoms with Gasteiger partial charge in [-0.05, 0) is 31.6 Å². The molecule has 2 unspecified atom stereocenters. The fourth-order valence-electron chi connectivity index (χ4n) is 3.32. The summed E-state index contributed by atoms with van der Waals surface area (Å²) in [5, 5.41) is -0.0190. The Balaban J connectivity index is 2.51. The highest BCUT2D eigenvalue weighted by Crippen LogP contribution is 2.33. The van der Waals surface area contributed by atoms with E-state index in [1.165, 1.54) is 32.1 Å². The maximum absolute atomic E-state index is 12.5. The lowest BCUT2D eigenvalue weighted by molar-refractivity contribution is 0.330. The molecule has 0 amide bonds. The Morgan fingerprint density at radius 1 is 0.895 bits per heavy atom. The second-order valence-electron chi connectivity index (χ2n) is 6.15. The first-order valence-corrected chi connectivity index (χ1v) is 10.0. The molecule has 1 aliphatic rings. The molecule has 0 heterocycles. The van der Waals surface area contributed by atoms with Crippen molar-refractivity contribution in [2.45, 2.75) is 89.7 Å². The number of hydrogen-bond acceptors (Lipinski definition) is 2. The first-order chi connectivity index (χ1) is 9.11. The van der Waals surface area contributed by atoms with Crippen LogP contribution in [0.4, 0.5) is 0 Å². The zero-order valence-corrected chi connectivity index (χ0v) is 13.7. The predicted molar refractivity (Wildman–Crippen MR) is 83.2 cm³/mol. The van der Waals surface area contributed by atoms with Crippen LogP contribution in [0.2, 0.25) is 0 Å². The van der Waals surface area contributed by atoms with Crippen molar-refractivity contribution in [1.82, 2.24) is 0 Å². The van der Waals surface area contributed by atoms with Crippen LogP contribution in [0.1, 0.15) is 84.5 Å². The van der Waals surface area contributed by atoms with Gasteiger partial charge in [-0.1, -0.05) is 58.8 Å². The Bertz CT molecular complexity index is 322. The first-order valence-electron chi connectivity index (χ1n) is 8.33. The zero-order valence-electron chi connectivity index (χ0n) is 12.9. The third-order valence-corrected chi connectivity index (χ3v) is 6.91. The van der Waals surface area contributed by atoms with Crippen LogP contribution in [0, 0.1) is 5.92 Å². The molecule has 2 atom stereocenters. The van der Waals surface area contributed by atoms with E-state index in [0.29, 0.717) is 11.7 Å². The third-order valence-electron chi connectivity index (χ3n) is 4.51. The molecular formula is C16H32O2S.